The van der Waals surface area contributed by atoms with Crippen LogP contribution in [0.2, 0.25) is 0 Å². The topological polar surface area (TPSA) is 46.5 Å². The monoisotopic (exact) mass is 370 g/mol. The predicted molar refractivity (Wildman–Crippen MR) is 88.6 cm³/mol. The number of alkyl halides is 3. The van der Waals surface area contributed by atoms with Gasteiger partial charge in [-0.25, -0.2) is 4.39 Å². The standard InChI is InChI=1S/C19H18F4O3/c1-11(2)17(18(24)25)14-7-13(12-3-5-15(20)6-4-12)8-16(9-14)26-10-19(21,22)23/h3-9,11,17H,10H2,1-2H3,(H,24,25). The Morgan fingerprint density at radius 1 is 1.08 bits per heavy atom. The number of ether oxygens (including phenoxy) is 1. The van der Waals surface area contributed by atoms with E-state index in [9.17, 15) is 27.5 Å². The maximum Gasteiger partial charge on any atom is 0.422 e. The first-order chi connectivity index (χ1) is 12.1. The third kappa shape index (κ3) is 5.21. The minimum absolute atomic E-state index is 0.0916. The van der Waals surface area contributed by atoms with Crippen molar-refractivity contribution in [2.75, 3.05) is 6.61 Å². The fourth-order valence-electron chi connectivity index (χ4n) is 2.67. The first-order valence-corrected chi connectivity index (χ1v) is 7.90. The number of aliphatic carboxylic acids is 1. The first-order valence-electron chi connectivity index (χ1n) is 7.90. The van der Waals surface area contributed by atoms with Crippen molar-refractivity contribution in [3.8, 4) is 16.9 Å². The van der Waals surface area contributed by atoms with E-state index in [1.54, 1.807) is 19.9 Å². The molecule has 0 spiro atoms. The van der Waals surface area contributed by atoms with Crippen molar-refractivity contribution in [2.24, 2.45) is 5.92 Å². The van der Waals surface area contributed by atoms with Gasteiger partial charge < -0.3 is 9.84 Å². The van der Waals surface area contributed by atoms with Crippen LogP contribution in [0.1, 0.15) is 25.3 Å². The first kappa shape index (κ1) is 19.8. The maximum absolute atomic E-state index is 13.1. The van der Waals surface area contributed by atoms with Gasteiger partial charge in [-0.1, -0.05) is 32.0 Å². The highest BCUT2D eigenvalue weighted by Crippen LogP contribution is 2.33. The molecule has 140 valence electrons. The van der Waals surface area contributed by atoms with E-state index in [1.807, 2.05) is 0 Å². The molecular formula is C19H18F4O3. The minimum atomic E-state index is -4.52. The highest BCUT2D eigenvalue weighted by Gasteiger charge is 2.29. The number of carbonyl (C=O) groups is 1. The molecule has 0 aliphatic heterocycles. The number of hydrogen-bond acceptors (Lipinski definition) is 2. The number of rotatable bonds is 6. The van der Waals surface area contributed by atoms with Gasteiger partial charge in [0.15, 0.2) is 6.61 Å². The van der Waals surface area contributed by atoms with Gasteiger partial charge in [0.05, 0.1) is 5.92 Å². The summed E-state index contributed by atoms with van der Waals surface area (Å²) >= 11 is 0. The Hall–Kier alpha value is -2.57. The predicted octanol–water partition coefficient (Wildman–Crippen LogP) is 5.26. The van der Waals surface area contributed by atoms with Gasteiger partial charge in [-0.05, 0) is 46.9 Å². The Bertz CT molecular complexity index is 767. The average molecular weight is 370 g/mol. The molecule has 0 aromatic heterocycles. The SMILES string of the molecule is CC(C)C(C(=O)O)c1cc(OCC(F)(F)F)cc(-c2ccc(F)cc2)c1. The lowest BCUT2D eigenvalue weighted by Gasteiger charge is -2.19. The molecule has 0 fully saturated rings. The van der Waals surface area contributed by atoms with Crippen molar-refractivity contribution in [3.63, 3.8) is 0 Å². The molecule has 0 amide bonds. The average Bonchev–Trinajstić information content (AvgIpc) is 2.52. The summed E-state index contributed by atoms with van der Waals surface area (Å²) in [6.07, 6.45) is -4.52. The van der Waals surface area contributed by atoms with Crippen LogP contribution in [-0.2, 0) is 4.79 Å². The van der Waals surface area contributed by atoms with E-state index in [2.05, 4.69) is 0 Å². The zero-order valence-electron chi connectivity index (χ0n) is 14.2. The van der Waals surface area contributed by atoms with Crippen LogP contribution in [0.5, 0.6) is 5.75 Å². The van der Waals surface area contributed by atoms with E-state index < -0.39 is 30.5 Å². The summed E-state index contributed by atoms with van der Waals surface area (Å²) in [5.74, 6) is -2.83. The number of benzene rings is 2. The molecule has 0 heterocycles. The summed E-state index contributed by atoms with van der Waals surface area (Å²) in [5.41, 5.74) is 1.32. The lowest BCUT2D eigenvalue weighted by Crippen LogP contribution is -2.20. The second kappa shape index (κ2) is 7.76. The highest BCUT2D eigenvalue weighted by atomic mass is 19.4. The summed E-state index contributed by atoms with van der Waals surface area (Å²) in [5, 5.41) is 9.47. The molecule has 1 atom stereocenters. The van der Waals surface area contributed by atoms with Gasteiger partial charge in [0.1, 0.15) is 11.6 Å². The molecule has 26 heavy (non-hydrogen) atoms. The van der Waals surface area contributed by atoms with Crippen LogP contribution in [-0.4, -0.2) is 23.9 Å². The van der Waals surface area contributed by atoms with Crippen LogP contribution in [0.15, 0.2) is 42.5 Å². The van der Waals surface area contributed by atoms with Crippen molar-refractivity contribution in [1.82, 2.24) is 0 Å². The molecule has 1 N–H and O–H groups in total. The van der Waals surface area contributed by atoms with Crippen molar-refractivity contribution in [2.45, 2.75) is 25.9 Å². The zero-order chi connectivity index (χ0) is 19.5. The Kier molecular flexibility index (Phi) is 5.90. The fraction of sp³-hybridized carbons (Fsp3) is 0.316. The molecule has 2 aromatic carbocycles. The van der Waals surface area contributed by atoms with E-state index in [4.69, 9.17) is 4.74 Å². The van der Waals surface area contributed by atoms with E-state index >= 15 is 0 Å². The van der Waals surface area contributed by atoms with Crippen LogP contribution < -0.4 is 4.74 Å². The number of carboxylic acids is 1. The molecule has 2 rings (SSSR count). The summed E-state index contributed by atoms with van der Waals surface area (Å²) in [6, 6.07) is 9.62. The molecule has 1 unspecified atom stereocenters. The lowest BCUT2D eigenvalue weighted by atomic mass is 9.87. The van der Waals surface area contributed by atoms with Crippen LogP contribution in [0, 0.1) is 11.7 Å². The molecule has 0 radical (unpaired) electrons. The third-order valence-electron chi connectivity index (χ3n) is 3.80. The fourth-order valence-corrected chi connectivity index (χ4v) is 2.67. The molecule has 2 aromatic rings. The van der Waals surface area contributed by atoms with Crippen molar-refractivity contribution < 1.29 is 32.2 Å². The van der Waals surface area contributed by atoms with Gasteiger partial charge in [-0.15, -0.1) is 0 Å². The Morgan fingerprint density at radius 2 is 1.69 bits per heavy atom. The smallest absolute Gasteiger partial charge is 0.422 e. The van der Waals surface area contributed by atoms with Crippen molar-refractivity contribution in [1.29, 1.82) is 0 Å². The minimum Gasteiger partial charge on any atom is -0.484 e. The molecular weight excluding hydrogens is 352 g/mol. The number of hydrogen-bond donors (Lipinski definition) is 1. The molecule has 0 saturated carbocycles. The summed E-state index contributed by atoms with van der Waals surface area (Å²) < 4.78 is 55.3. The molecule has 0 aliphatic rings. The largest absolute Gasteiger partial charge is 0.484 e. The van der Waals surface area contributed by atoms with Gasteiger partial charge >= 0.3 is 12.1 Å². The third-order valence-corrected chi connectivity index (χ3v) is 3.80. The van der Waals surface area contributed by atoms with Gasteiger partial charge in [0, 0.05) is 0 Å². The second-order valence-corrected chi connectivity index (χ2v) is 6.26. The summed E-state index contributed by atoms with van der Waals surface area (Å²) in [4.78, 5) is 11.6. The van der Waals surface area contributed by atoms with E-state index in [1.165, 1.54) is 36.4 Å². The van der Waals surface area contributed by atoms with Gasteiger partial charge in [0.25, 0.3) is 0 Å². The molecule has 0 aliphatic carbocycles. The molecule has 0 bridgehead atoms. The Balaban J connectivity index is 2.51. The summed E-state index contributed by atoms with van der Waals surface area (Å²) in [7, 11) is 0. The number of carboxylic acid groups (broad SMARTS) is 1. The Labute approximate surface area is 148 Å². The normalized spacial score (nSPS) is 12.9. The second-order valence-electron chi connectivity index (χ2n) is 6.26. The molecule has 7 heteroatoms. The van der Waals surface area contributed by atoms with Gasteiger partial charge in [0.2, 0.25) is 0 Å². The Morgan fingerprint density at radius 3 is 2.19 bits per heavy atom. The molecule has 3 nitrogen and oxygen atoms in total. The zero-order valence-corrected chi connectivity index (χ0v) is 14.2. The number of halogens is 4. The van der Waals surface area contributed by atoms with Gasteiger partial charge in [-0.2, -0.15) is 13.2 Å². The van der Waals surface area contributed by atoms with Gasteiger partial charge in [-0.3, -0.25) is 4.79 Å². The van der Waals surface area contributed by atoms with E-state index in [-0.39, 0.29) is 11.7 Å². The quantitative estimate of drug-likeness (QED) is 0.706. The molecule has 0 saturated heterocycles. The lowest BCUT2D eigenvalue weighted by molar-refractivity contribution is -0.153. The van der Waals surface area contributed by atoms with E-state index in [0.29, 0.717) is 16.7 Å². The van der Waals surface area contributed by atoms with Crippen LogP contribution in [0.4, 0.5) is 17.6 Å². The van der Waals surface area contributed by atoms with E-state index in [0.717, 1.165) is 0 Å². The van der Waals surface area contributed by atoms with Crippen LogP contribution in [0.25, 0.3) is 11.1 Å². The highest BCUT2D eigenvalue weighted by molar-refractivity contribution is 5.78. The van der Waals surface area contributed by atoms with Crippen LogP contribution in [0.3, 0.4) is 0 Å². The van der Waals surface area contributed by atoms with Crippen molar-refractivity contribution >= 4 is 5.97 Å². The maximum atomic E-state index is 13.1. The van der Waals surface area contributed by atoms with Crippen LogP contribution >= 0.6 is 0 Å². The summed E-state index contributed by atoms with van der Waals surface area (Å²) in [6.45, 7) is 1.93. The van der Waals surface area contributed by atoms with Crippen molar-refractivity contribution in [3.05, 3.63) is 53.8 Å².